The van der Waals surface area contributed by atoms with Crippen LogP contribution in [0.1, 0.15) is 10.4 Å². The number of carboxylic acids is 1. The zero-order valence-corrected chi connectivity index (χ0v) is 10.9. The first-order valence-corrected chi connectivity index (χ1v) is 5.94. The molecule has 0 amide bonds. The van der Waals surface area contributed by atoms with Gasteiger partial charge in [0, 0.05) is 31.2 Å². The molecule has 0 aromatic heterocycles. The van der Waals surface area contributed by atoms with Gasteiger partial charge >= 0.3 is 5.97 Å². The van der Waals surface area contributed by atoms with Crippen LogP contribution in [-0.2, 0) is 0 Å². The molecule has 4 nitrogen and oxygen atoms in total. The van der Waals surface area contributed by atoms with Crippen molar-refractivity contribution in [3.63, 3.8) is 0 Å². The van der Waals surface area contributed by atoms with E-state index in [1.54, 1.807) is 18.2 Å². The van der Waals surface area contributed by atoms with Gasteiger partial charge in [-0.15, -0.1) is 0 Å². The summed E-state index contributed by atoms with van der Waals surface area (Å²) in [5, 5.41) is 12.2. The Labute approximate surface area is 112 Å². The standard InChI is InChI=1S/C15H16N2O2/c1-17(2)14-8-4-7-13(10-14)16-12-6-3-5-11(9-12)15(18)19/h3-10,16H,1-2H3,(H,18,19). The number of hydrogen-bond acceptors (Lipinski definition) is 3. The summed E-state index contributed by atoms with van der Waals surface area (Å²) in [4.78, 5) is 12.9. The minimum Gasteiger partial charge on any atom is -0.478 e. The summed E-state index contributed by atoms with van der Waals surface area (Å²) in [7, 11) is 3.95. The van der Waals surface area contributed by atoms with Crippen LogP contribution in [0.15, 0.2) is 48.5 Å². The Balaban J connectivity index is 2.23. The van der Waals surface area contributed by atoms with Crippen molar-refractivity contribution in [1.29, 1.82) is 0 Å². The summed E-state index contributed by atoms with van der Waals surface area (Å²) in [6.07, 6.45) is 0. The second-order valence-electron chi connectivity index (χ2n) is 4.46. The Morgan fingerprint density at radius 3 is 2.32 bits per heavy atom. The highest BCUT2D eigenvalue weighted by Gasteiger charge is 2.04. The molecular formula is C15H16N2O2. The molecule has 2 rings (SSSR count). The molecular weight excluding hydrogens is 240 g/mol. The first-order chi connectivity index (χ1) is 9.06. The number of rotatable bonds is 4. The molecule has 98 valence electrons. The molecule has 2 aromatic rings. The van der Waals surface area contributed by atoms with E-state index < -0.39 is 5.97 Å². The van der Waals surface area contributed by atoms with Crippen LogP contribution >= 0.6 is 0 Å². The highest BCUT2D eigenvalue weighted by molar-refractivity contribution is 5.89. The Bertz CT molecular complexity index is 594. The van der Waals surface area contributed by atoms with E-state index in [4.69, 9.17) is 5.11 Å². The lowest BCUT2D eigenvalue weighted by Crippen LogP contribution is -2.08. The van der Waals surface area contributed by atoms with Gasteiger partial charge in [0.05, 0.1) is 5.56 Å². The molecule has 0 saturated heterocycles. The molecule has 0 unspecified atom stereocenters. The predicted molar refractivity (Wildman–Crippen MR) is 77.5 cm³/mol. The van der Waals surface area contributed by atoms with Crippen LogP contribution in [0.5, 0.6) is 0 Å². The van der Waals surface area contributed by atoms with E-state index in [-0.39, 0.29) is 5.56 Å². The highest BCUT2D eigenvalue weighted by atomic mass is 16.4. The molecule has 0 spiro atoms. The summed E-state index contributed by atoms with van der Waals surface area (Å²) < 4.78 is 0. The third-order valence-electron chi connectivity index (χ3n) is 2.76. The SMILES string of the molecule is CN(C)c1cccc(Nc2cccc(C(=O)O)c2)c1. The number of nitrogens with zero attached hydrogens (tertiary/aromatic N) is 1. The first kappa shape index (κ1) is 13.0. The molecule has 2 N–H and O–H groups in total. The van der Waals surface area contributed by atoms with E-state index in [1.165, 1.54) is 0 Å². The largest absolute Gasteiger partial charge is 0.478 e. The Kier molecular flexibility index (Phi) is 3.71. The molecule has 0 saturated carbocycles. The second-order valence-corrected chi connectivity index (χ2v) is 4.46. The van der Waals surface area contributed by atoms with Crippen LogP contribution in [0.25, 0.3) is 0 Å². The Morgan fingerprint density at radius 1 is 1.05 bits per heavy atom. The fraction of sp³-hybridized carbons (Fsp3) is 0.133. The fourth-order valence-corrected chi connectivity index (χ4v) is 1.76. The van der Waals surface area contributed by atoms with Crippen molar-refractivity contribution >= 4 is 23.0 Å². The van der Waals surface area contributed by atoms with E-state index in [1.807, 2.05) is 49.3 Å². The molecule has 0 aliphatic heterocycles. The number of aromatic carboxylic acids is 1. The number of anilines is 3. The van der Waals surface area contributed by atoms with Crippen molar-refractivity contribution in [2.24, 2.45) is 0 Å². The summed E-state index contributed by atoms with van der Waals surface area (Å²) in [6, 6.07) is 14.7. The van der Waals surface area contributed by atoms with E-state index >= 15 is 0 Å². The average Bonchev–Trinajstić information content (AvgIpc) is 2.39. The lowest BCUT2D eigenvalue weighted by molar-refractivity contribution is 0.0697. The van der Waals surface area contributed by atoms with Crippen molar-refractivity contribution in [3.05, 3.63) is 54.1 Å². The van der Waals surface area contributed by atoms with Gasteiger partial charge in [0.2, 0.25) is 0 Å². The second kappa shape index (κ2) is 5.44. The maximum Gasteiger partial charge on any atom is 0.335 e. The molecule has 0 radical (unpaired) electrons. The summed E-state index contributed by atoms with van der Waals surface area (Å²) in [5.41, 5.74) is 3.04. The number of carboxylic acid groups (broad SMARTS) is 1. The van der Waals surface area contributed by atoms with Crippen LogP contribution in [0.3, 0.4) is 0 Å². The zero-order chi connectivity index (χ0) is 13.8. The van der Waals surface area contributed by atoms with Crippen LogP contribution in [0, 0.1) is 0 Å². The minimum absolute atomic E-state index is 0.272. The topological polar surface area (TPSA) is 52.6 Å². The molecule has 0 fully saturated rings. The molecule has 19 heavy (non-hydrogen) atoms. The van der Waals surface area contributed by atoms with Gasteiger partial charge in [0.1, 0.15) is 0 Å². The molecule has 0 bridgehead atoms. The highest BCUT2D eigenvalue weighted by Crippen LogP contribution is 2.22. The molecule has 0 aliphatic carbocycles. The van der Waals surface area contributed by atoms with E-state index in [0.717, 1.165) is 17.1 Å². The van der Waals surface area contributed by atoms with Crippen molar-refractivity contribution in [2.45, 2.75) is 0 Å². The number of carbonyl (C=O) groups is 1. The van der Waals surface area contributed by atoms with E-state index in [2.05, 4.69) is 5.32 Å². The number of benzene rings is 2. The lowest BCUT2D eigenvalue weighted by Gasteiger charge is -2.14. The van der Waals surface area contributed by atoms with Gasteiger partial charge in [-0.05, 0) is 36.4 Å². The van der Waals surface area contributed by atoms with Crippen LogP contribution in [-0.4, -0.2) is 25.2 Å². The van der Waals surface area contributed by atoms with Crippen molar-refractivity contribution < 1.29 is 9.90 Å². The molecule has 0 atom stereocenters. The average molecular weight is 256 g/mol. The lowest BCUT2D eigenvalue weighted by atomic mass is 10.2. The van der Waals surface area contributed by atoms with Crippen LogP contribution < -0.4 is 10.2 Å². The maximum absolute atomic E-state index is 10.9. The van der Waals surface area contributed by atoms with Gasteiger partial charge in [-0.2, -0.15) is 0 Å². The van der Waals surface area contributed by atoms with E-state index in [9.17, 15) is 4.79 Å². The molecule has 0 aliphatic rings. The third-order valence-corrected chi connectivity index (χ3v) is 2.76. The van der Waals surface area contributed by atoms with Gasteiger partial charge in [-0.25, -0.2) is 4.79 Å². The van der Waals surface area contributed by atoms with Gasteiger partial charge in [-0.1, -0.05) is 12.1 Å². The van der Waals surface area contributed by atoms with Gasteiger partial charge in [-0.3, -0.25) is 0 Å². The number of nitrogens with one attached hydrogen (secondary N) is 1. The summed E-state index contributed by atoms with van der Waals surface area (Å²) in [5.74, 6) is -0.925. The molecule has 0 heterocycles. The zero-order valence-electron chi connectivity index (χ0n) is 10.9. The van der Waals surface area contributed by atoms with Crippen molar-refractivity contribution in [2.75, 3.05) is 24.3 Å². The van der Waals surface area contributed by atoms with Crippen LogP contribution in [0.2, 0.25) is 0 Å². The first-order valence-electron chi connectivity index (χ1n) is 5.94. The minimum atomic E-state index is -0.925. The van der Waals surface area contributed by atoms with Gasteiger partial charge in [0.25, 0.3) is 0 Å². The number of hydrogen-bond donors (Lipinski definition) is 2. The fourth-order valence-electron chi connectivity index (χ4n) is 1.76. The van der Waals surface area contributed by atoms with Gasteiger partial charge in [0.15, 0.2) is 0 Å². The summed E-state index contributed by atoms with van der Waals surface area (Å²) in [6.45, 7) is 0. The van der Waals surface area contributed by atoms with Crippen molar-refractivity contribution in [3.8, 4) is 0 Å². The third kappa shape index (κ3) is 3.25. The smallest absolute Gasteiger partial charge is 0.335 e. The Hall–Kier alpha value is -2.49. The predicted octanol–water partition coefficient (Wildman–Crippen LogP) is 3.19. The monoisotopic (exact) mass is 256 g/mol. The maximum atomic E-state index is 10.9. The van der Waals surface area contributed by atoms with Gasteiger partial charge < -0.3 is 15.3 Å². The van der Waals surface area contributed by atoms with Crippen LogP contribution in [0.4, 0.5) is 17.1 Å². The molecule has 2 aromatic carbocycles. The quantitative estimate of drug-likeness (QED) is 0.882. The molecule has 4 heteroatoms. The normalized spacial score (nSPS) is 10.0. The summed E-state index contributed by atoms with van der Waals surface area (Å²) >= 11 is 0. The van der Waals surface area contributed by atoms with E-state index in [0.29, 0.717) is 0 Å². The van der Waals surface area contributed by atoms with Crippen molar-refractivity contribution in [1.82, 2.24) is 0 Å². The Morgan fingerprint density at radius 2 is 1.68 bits per heavy atom.